The molecule has 3 aromatic rings. The number of hydrogen-bond acceptors (Lipinski definition) is 9. The number of fused-ring (bicyclic) bond motifs is 2. The zero-order chi connectivity index (χ0) is 25.4. The lowest BCUT2D eigenvalue weighted by Gasteiger charge is -2.49. The summed E-state index contributed by atoms with van der Waals surface area (Å²) in [5, 5.41) is 21.4. The monoisotopic (exact) mass is 509 g/mol. The fourth-order valence-corrected chi connectivity index (χ4v) is 5.54. The lowest BCUT2D eigenvalue weighted by Crippen LogP contribution is -2.71. The Morgan fingerprint density at radius 3 is 2.83 bits per heavy atom. The molecule has 0 saturated carbocycles. The van der Waals surface area contributed by atoms with Crippen molar-refractivity contribution in [2.24, 2.45) is 5.16 Å². The predicted molar refractivity (Wildman–Crippen MR) is 128 cm³/mol. The van der Waals surface area contributed by atoms with Gasteiger partial charge in [0, 0.05) is 28.8 Å². The van der Waals surface area contributed by atoms with Gasteiger partial charge in [-0.1, -0.05) is 28.5 Å². The number of carboxylic acid groups (broad SMARTS) is 1. The Hall–Kier alpha value is -4.39. The Kier molecular flexibility index (Phi) is 6.06. The van der Waals surface area contributed by atoms with Crippen LogP contribution in [-0.2, 0) is 25.8 Å². The van der Waals surface area contributed by atoms with Crippen molar-refractivity contribution in [3.8, 4) is 0 Å². The van der Waals surface area contributed by atoms with Crippen molar-refractivity contribution in [3.63, 3.8) is 0 Å². The molecule has 2 aromatic heterocycles. The lowest BCUT2D eigenvalue weighted by atomic mass is 10.0. The largest absolute Gasteiger partial charge is 0.477 e. The maximum atomic E-state index is 13.0. The molecule has 0 aliphatic carbocycles. The highest BCUT2D eigenvalue weighted by Crippen LogP contribution is 2.40. The molecule has 5 rings (SSSR count). The fraction of sp³-hybridized carbons (Fsp3) is 0.217. The highest BCUT2D eigenvalue weighted by Gasteiger charge is 2.54. The Balaban J connectivity index is 1.36. The normalized spacial score (nSPS) is 19.6. The lowest BCUT2D eigenvalue weighted by molar-refractivity contribution is -0.687. The molecule has 1 fully saturated rings. The van der Waals surface area contributed by atoms with Crippen molar-refractivity contribution < 1.29 is 33.4 Å². The molecule has 0 spiro atoms. The number of carbonyl (C=O) groups is 3. The number of rotatable bonds is 7. The molecule has 1 aromatic carbocycles. The molecule has 2 aliphatic rings. The SMILES string of the molecule is CON=C(C(=O)NC1C(=O)N2C(C(=O)O)=C(C[n+]3ccc4ccccc4c3)CS[C@@H]12)c1cc(N)on1. The van der Waals surface area contributed by atoms with E-state index in [1.807, 2.05) is 47.3 Å². The summed E-state index contributed by atoms with van der Waals surface area (Å²) in [6.07, 6.45) is 3.81. The second kappa shape index (κ2) is 9.34. The van der Waals surface area contributed by atoms with Gasteiger partial charge in [0.2, 0.25) is 5.88 Å². The van der Waals surface area contributed by atoms with Gasteiger partial charge in [0.25, 0.3) is 11.8 Å². The first-order valence-corrected chi connectivity index (χ1v) is 11.8. The average Bonchev–Trinajstić information content (AvgIpc) is 3.30. The van der Waals surface area contributed by atoms with Crippen molar-refractivity contribution in [1.29, 1.82) is 0 Å². The minimum atomic E-state index is -1.20. The van der Waals surface area contributed by atoms with Gasteiger partial charge in [0.05, 0.1) is 0 Å². The zero-order valence-electron chi connectivity index (χ0n) is 19.0. The molecule has 1 saturated heterocycles. The number of oxime groups is 1. The van der Waals surface area contributed by atoms with Crippen LogP contribution in [0.25, 0.3) is 10.8 Å². The number of nitrogens with two attached hydrogens (primary N) is 1. The third kappa shape index (κ3) is 4.13. The number of carboxylic acids is 1. The van der Waals surface area contributed by atoms with Crippen molar-refractivity contribution in [1.82, 2.24) is 15.4 Å². The molecule has 2 atom stereocenters. The van der Waals surface area contributed by atoms with E-state index in [1.54, 1.807) is 0 Å². The Bertz CT molecular complexity index is 1450. The third-order valence-electron chi connectivity index (χ3n) is 5.82. The number of anilines is 1. The smallest absolute Gasteiger partial charge is 0.352 e. The van der Waals surface area contributed by atoms with E-state index >= 15 is 0 Å². The van der Waals surface area contributed by atoms with Crippen LogP contribution in [0.1, 0.15) is 5.69 Å². The van der Waals surface area contributed by atoms with Crippen LogP contribution in [0.2, 0.25) is 0 Å². The van der Waals surface area contributed by atoms with Crippen LogP contribution < -0.4 is 15.6 Å². The van der Waals surface area contributed by atoms with Gasteiger partial charge >= 0.3 is 5.97 Å². The highest BCUT2D eigenvalue weighted by atomic mass is 32.2. The number of thioether (sulfide) groups is 1. The Labute approximate surface area is 208 Å². The van der Waals surface area contributed by atoms with Gasteiger partial charge in [-0.2, -0.15) is 0 Å². The predicted octanol–water partition coefficient (Wildman–Crippen LogP) is 0.487. The maximum Gasteiger partial charge on any atom is 0.352 e. The van der Waals surface area contributed by atoms with Crippen molar-refractivity contribution in [2.45, 2.75) is 18.0 Å². The summed E-state index contributed by atoms with van der Waals surface area (Å²) in [5.41, 5.74) is 5.86. The molecular formula is C23H21N6O6S+. The van der Waals surface area contributed by atoms with Crippen LogP contribution in [-0.4, -0.2) is 62.9 Å². The summed E-state index contributed by atoms with van der Waals surface area (Å²) >= 11 is 1.37. The number of aliphatic carboxylic acids is 1. The summed E-state index contributed by atoms with van der Waals surface area (Å²) in [4.78, 5) is 44.0. The molecule has 4 heterocycles. The molecule has 2 aliphatic heterocycles. The van der Waals surface area contributed by atoms with E-state index in [-0.39, 0.29) is 23.0 Å². The molecule has 0 radical (unpaired) electrons. The second-order valence-corrected chi connectivity index (χ2v) is 9.21. The summed E-state index contributed by atoms with van der Waals surface area (Å²) in [6.45, 7) is 0.311. The highest BCUT2D eigenvalue weighted by molar-refractivity contribution is 8.00. The minimum absolute atomic E-state index is 0.0246. The third-order valence-corrected chi connectivity index (χ3v) is 7.16. The number of benzene rings is 1. The fourth-order valence-electron chi connectivity index (χ4n) is 4.21. The van der Waals surface area contributed by atoms with Crippen LogP contribution >= 0.6 is 11.8 Å². The van der Waals surface area contributed by atoms with Crippen molar-refractivity contribution in [2.75, 3.05) is 18.6 Å². The van der Waals surface area contributed by atoms with Crippen LogP contribution in [0.3, 0.4) is 0 Å². The summed E-state index contributed by atoms with van der Waals surface area (Å²) < 4.78 is 6.67. The van der Waals surface area contributed by atoms with Gasteiger partial charge in [-0.25, -0.2) is 9.36 Å². The number of pyridine rings is 1. The summed E-state index contributed by atoms with van der Waals surface area (Å²) in [6, 6.07) is 10.2. The zero-order valence-corrected chi connectivity index (χ0v) is 19.8. The van der Waals surface area contributed by atoms with Crippen molar-refractivity contribution >= 4 is 51.9 Å². The molecule has 36 heavy (non-hydrogen) atoms. The van der Waals surface area contributed by atoms with Crippen LogP contribution in [0.5, 0.6) is 0 Å². The number of nitrogens with zero attached hydrogens (tertiary/aromatic N) is 4. The molecule has 1 unspecified atom stereocenters. The molecular weight excluding hydrogens is 488 g/mol. The average molecular weight is 510 g/mol. The Morgan fingerprint density at radius 1 is 1.36 bits per heavy atom. The number of β-lactam (4-membered cyclic amide) rings is 1. The van der Waals surface area contributed by atoms with E-state index in [2.05, 4.69) is 15.6 Å². The first kappa shape index (κ1) is 23.4. The minimum Gasteiger partial charge on any atom is -0.477 e. The molecule has 13 heteroatoms. The van der Waals surface area contributed by atoms with Gasteiger partial charge in [0.15, 0.2) is 24.7 Å². The van der Waals surface area contributed by atoms with Gasteiger partial charge in [-0.15, -0.1) is 11.8 Å². The van der Waals surface area contributed by atoms with Crippen LogP contribution in [0.15, 0.2) is 69.7 Å². The quantitative estimate of drug-likeness (QED) is 0.178. The van der Waals surface area contributed by atoms with Crippen LogP contribution in [0.4, 0.5) is 5.88 Å². The standard InChI is InChI=1S/C23H20N6O6S/c1-34-27-17(15-8-16(24)35-26-15)20(30)25-18-21(31)29-19(23(32)33)14(11-36-22(18)29)10-28-7-6-12-4-2-3-5-13(12)9-28/h2-9,18,22H,10-11H2,1H3,(H3-,24,25,26,30,32,33)/p+1/t18?,22-/m0/s1. The number of aromatic nitrogens is 2. The summed E-state index contributed by atoms with van der Waals surface area (Å²) in [7, 11) is 1.25. The number of nitrogen functional groups attached to an aromatic ring is 1. The van der Waals surface area contributed by atoms with Gasteiger partial charge in [0.1, 0.15) is 29.9 Å². The maximum absolute atomic E-state index is 13.0. The Morgan fingerprint density at radius 2 is 2.14 bits per heavy atom. The van der Waals surface area contributed by atoms with E-state index in [1.165, 1.54) is 29.8 Å². The van der Waals surface area contributed by atoms with E-state index < -0.39 is 29.2 Å². The first-order chi connectivity index (χ1) is 17.4. The van der Waals surface area contributed by atoms with Crippen molar-refractivity contribution in [3.05, 3.63) is 65.8 Å². The molecule has 2 amide bonds. The molecule has 4 N–H and O–H groups in total. The van der Waals surface area contributed by atoms with Gasteiger partial charge in [-0.3, -0.25) is 14.5 Å². The van der Waals surface area contributed by atoms with Gasteiger partial charge < -0.3 is 25.5 Å². The number of amides is 2. The molecule has 0 bridgehead atoms. The second-order valence-electron chi connectivity index (χ2n) is 8.10. The van der Waals surface area contributed by atoms with Crippen LogP contribution in [0, 0.1) is 0 Å². The molecule has 12 nitrogen and oxygen atoms in total. The topological polar surface area (TPSA) is 164 Å². The van der Waals surface area contributed by atoms with E-state index in [4.69, 9.17) is 15.1 Å². The number of nitrogens with one attached hydrogen (secondary N) is 1. The first-order valence-electron chi connectivity index (χ1n) is 10.8. The summed E-state index contributed by atoms with van der Waals surface area (Å²) in [5.74, 6) is -2.11. The molecule has 184 valence electrons. The van der Waals surface area contributed by atoms with Gasteiger partial charge in [-0.05, 0) is 11.5 Å². The number of carbonyl (C=O) groups excluding carboxylic acids is 2. The number of hydrogen-bond donors (Lipinski definition) is 3. The van der Waals surface area contributed by atoms with E-state index in [9.17, 15) is 19.5 Å². The van der Waals surface area contributed by atoms with E-state index in [0.29, 0.717) is 17.9 Å². The van der Waals surface area contributed by atoms with E-state index in [0.717, 1.165) is 10.8 Å².